The highest BCUT2D eigenvalue weighted by atomic mass is 16.5. The fourth-order valence-electron chi connectivity index (χ4n) is 2.06. The van der Waals surface area contributed by atoms with E-state index in [1.54, 1.807) is 14.2 Å². The molecule has 1 N–H and O–H groups in total. The van der Waals surface area contributed by atoms with Crippen LogP contribution in [0.2, 0.25) is 0 Å². The number of ether oxygens (including phenoxy) is 2. The van der Waals surface area contributed by atoms with Crippen molar-refractivity contribution in [2.45, 2.75) is 25.0 Å². The first kappa shape index (κ1) is 13.4. The van der Waals surface area contributed by atoms with Gasteiger partial charge in [0.15, 0.2) is 0 Å². The third-order valence-electron chi connectivity index (χ3n) is 3.07. The van der Waals surface area contributed by atoms with Gasteiger partial charge in [-0.05, 0) is 26.4 Å². The summed E-state index contributed by atoms with van der Waals surface area (Å²) in [6.07, 6.45) is 2.52. The van der Waals surface area contributed by atoms with Crippen LogP contribution in [0.25, 0.3) is 0 Å². The SMILES string of the molecule is CNC(CN1CCCC(OC)C1)C(=O)OC. The van der Waals surface area contributed by atoms with Crippen LogP contribution in [0.1, 0.15) is 12.8 Å². The van der Waals surface area contributed by atoms with E-state index in [1.807, 2.05) is 0 Å². The lowest BCUT2D eigenvalue weighted by atomic mass is 10.1. The molecule has 0 saturated carbocycles. The van der Waals surface area contributed by atoms with Crippen molar-refractivity contribution in [1.29, 1.82) is 0 Å². The van der Waals surface area contributed by atoms with E-state index in [4.69, 9.17) is 9.47 Å². The third-order valence-corrected chi connectivity index (χ3v) is 3.07. The normalized spacial score (nSPS) is 24.1. The summed E-state index contributed by atoms with van der Waals surface area (Å²) in [5.74, 6) is -0.206. The van der Waals surface area contributed by atoms with Crippen molar-refractivity contribution in [2.75, 3.05) is 40.9 Å². The van der Waals surface area contributed by atoms with Gasteiger partial charge in [0.25, 0.3) is 0 Å². The van der Waals surface area contributed by atoms with Crippen LogP contribution in [0.5, 0.6) is 0 Å². The van der Waals surface area contributed by atoms with Gasteiger partial charge in [0.1, 0.15) is 6.04 Å². The fourth-order valence-corrected chi connectivity index (χ4v) is 2.06. The van der Waals surface area contributed by atoms with Crippen molar-refractivity contribution >= 4 is 5.97 Å². The number of esters is 1. The lowest BCUT2D eigenvalue weighted by Gasteiger charge is -2.33. The van der Waals surface area contributed by atoms with Gasteiger partial charge in [-0.1, -0.05) is 0 Å². The van der Waals surface area contributed by atoms with E-state index in [2.05, 4.69) is 10.2 Å². The molecule has 0 aromatic heterocycles. The maximum atomic E-state index is 11.4. The van der Waals surface area contributed by atoms with E-state index >= 15 is 0 Å². The molecule has 1 saturated heterocycles. The van der Waals surface area contributed by atoms with Gasteiger partial charge in [-0.25, -0.2) is 0 Å². The second-order valence-corrected chi connectivity index (χ2v) is 4.12. The summed E-state index contributed by atoms with van der Waals surface area (Å²) < 4.78 is 10.1. The summed E-state index contributed by atoms with van der Waals surface area (Å²) in [5.41, 5.74) is 0. The van der Waals surface area contributed by atoms with Crippen LogP contribution in [-0.4, -0.2) is 63.9 Å². The number of hydrogen-bond acceptors (Lipinski definition) is 5. The van der Waals surface area contributed by atoms with Gasteiger partial charge in [0, 0.05) is 20.2 Å². The third kappa shape index (κ3) is 3.73. The Balaban J connectivity index is 2.42. The quantitative estimate of drug-likeness (QED) is 0.666. The monoisotopic (exact) mass is 230 g/mol. The highest BCUT2D eigenvalue weighted by molar-refractivity contribution is 5.75. The molecule has 2 atom stereocenters. The van der Waals surface area contributed by atoms with Crippen molar-refractivity contribution in [3.8, 4) is 0 Å². The molecule has 1 aliphatic heterocycles. The molecule has 0 aromatic rings. The molecule has 0 aromatic carbocycles. The molecular formula is C11H22N2O3. The Kier molecular flexibility index (Phi) is 5.73. The zero-order valence-corrected chi connectivity index (χ0v) is 10.4. The predicted molar refractivity (Wildman–Crippen MR) is 61.3 cm³/mol. The Hall–Kier alpha value is -0.650. The van der Waals surface area contributed by atoms with E-state index in [-0.39, 0.29) is 12.0 Å². The van der Waals surface area contributed by atoms with Crippen molar-refractivity contribution in [3.05, 3.63) is 0 Å². The Morgan fingerprint density at radius 3 is 2.88 bits per heavy atom. The van der Waals surface area contributed by atoms with Crippen molar-refractivity contribution in [3.63, 3.8) is 0 Å². The van der Waals surface area contributed by atoms with Gasteiger partial charge in [-0.2, -0.15) is 0 Å². The van der Waals surface area contributed by atoms with E-state index in [9.17, 15) is 4.79 Å². The number of nitrogens with one attached hydrogen (secondary N) is 1. The van der Waals surface area contributed by atoms with Gasteiger partial charge in [-0.15, -0.1) is 0 Å². The highest BCUT2D eigenvalue weighted by Crippen LogP contribution is 2.12. The Bertz CT molecular complexity index is 223. The first-order chi connectivity index (χ1) is 7.71. The molecule has 1 aliphatic rings. The molecule has 94 valence electrons. The molecule has 5 nitrogen and oxygen atoms in total. The van der Waals surface area contributed by atoms with Gasteiger partial charge in [0.05, 0.1) is 13.2 Å². The first-order valence-electron chi connectivity index (χ1n) is 5.71. The molecule has 0 bridgehead atoms. The molecule has 1 fully saturated rings. The molecule has 0 amide bonds. The Morgan fingerprint density at radius 1 is 1.56 bits per heavy atom. The zero-order valence-electron chi connectivity index (χ0n) is 10.4. The smallest absolute Gasteiger partial charge is 0.324 e. The standard InChI is InChI=1S/C11H22N2O3/c1-12-10(11(14)16-3)8-13-6-4-5-9(7-13)15-2/h9-10,12H,4-8H2,1-3H3. The maximum absolute atomic E-state index is 11.4. The minimum Gasteiger partial charge on any atom is -0.468 e. The predicted octanol–water partition coefficient (Wildman–Crippen LogP) is -0.142. The molecule has 5 heteroatoms. The lowest BCUT2D eigenvalue weighted by molar-refractivity contribution is -0.143. The number of carbonyl (C=O) groups is 1. The topological polar surface area (TPSA) is 50.8 Å². The van der Waals surface area contributed by atoms with Crippen molar-refractivity contribution in [2.24, 2.45) is 0 Å². The summed E-state index contributed by atoms with van der Waals surface area (Å²) in [6.45, 7) is 2.60. The van der Waals surface area contributed by atoms with Crippen LogP contribution in [0, 0.1) is 0 Å². The number of rotatable bonds is 5. The number of hydrogen-bond donors (Lipinski definition) is 1. The molecule has 0 radical (unpaired) electrons. The lowest BCUT2D eigenvalue weighted by Crippen LogP contribution is -2.49. The van der Waals surface area contributed by atoms with Crippen LogP contribution in [0.3, 0.4) is 0 Å². The fraction of sp³-hybridized carbons (Fsp3) is 0.909. The molecule has 16 heavy (non-hydrogen) atoms. The second kappa shape index (κ2) is 6.83. The van der Waals surface area contributed by atoms with E-state index in [0.29, 0.717) is 12.6 Å². The van der Waals surface area contributed by atoms with Gasteiger partial charge < -0.3 is 14.8 Å². The molecule has 1 heterocycles. The number of likely N-dealkylation sites (N-methyl/N-ethyl adjacent to an activating group) is 1. The van der Waals surface area contributed by atoms with Crippen LogP contribution in [0.15, 0.2) is 0 Å². The summed E-state index contributed by atoms with van der Waals surface area (Å²) in [7, 11) is 4.93. The highest BCUT2D eigenvalue weighted by Gasteiger charge is 2.25. The molecule has 0 aliphatic carbocycles. The van der Waals surface area contributed by atoms with Crippen LogP contribution in [-0.2, 0) is 14.3 Å². The van der Waals surface area contributed by atoms with E-state index < -0.39 is 0 Å². The minimum atomic E-state index is -0.249. The summed E-state index contributed by atoms with van der Waals surface area (Å²) in [6, 6.07) is -0.249. The number of carbonyl (C=O) groups excluding carboxylic acids is 1. The molecule has 0 spiro atoms. The van der Waals surface area contributed by atoms with Gasteiger partial charge in [0.2, 0.25) is 0 Å². The number of nitrogens with zero attached hydrogens (tertiary/aromatic N) is 1. The van der Waals surface area contributed by atoms with Gasteiger partial charge in [-0.3, -0.25) is 9.69 Å². The summed E-state index contributed by atoms with van der Waals surface area (Å²) >= 11 is 0. The number of piperidine rings is 1. The van der Waals surface area contributed by atoms with Crippen LogP contribution >= 0.6 is 0 Å². The van der Waals surface area contributed by atoms with Crippen molar-refractivity contribution < 1.29 is 14.3 Å². The number of likely N-dealkylation sites (tertiary alicyclic amines) is 1. The molecule has 2 unspecified atom stereocenters. The Labute approximate surface area is 97.1 Å². The molecule has 1 rings (SSSR count). The minimum absolute atomic E-state index is 0.206. The van der Waals surface area contributed by atoms with E-state index in [0.717, 1.165) is 25.9 Å². The van der Waals surface area contributed by atoms with Crippen LogP contribution in [0.4, 0.5) is 0 Å². The first-order valence-corrected chi connectivity index (χ1v) is 5.71. The van der Waals surface area contributed by atoms with E-state index in [1.165, 1.54) is 7.11 Å². The Morgan fingerprint density at radius 2 is 2.31 bits per heavy atom. The summed E-state index contributed by atoms with van der Waals surface area (Å²) in [5, 5.41) is 2.98. The average molecular weight is 230 g/mol. The number of methoxy groups -OCH3 is 2. The average Bonchev–Trinajstić information content (AvgIpc) is 2.35. The van der Waals surface area contributed by atoms with Gasteiger partial charge >= 0.3 is 5.97 Å². The molecular weight excluding hydrogens is 208 g/mol. The maximum Gasteiger partial charge on any atom is 0.324 e. The second-order valence-electron chi connectivity index (χ2n) is 4.12. The largest absolute Gasteiger partial charge is 0.468 e. The van der Waals surface area contributed by atoms with Crippen molar-refractivity contribution in [1.82, 2.24) is 10.2 Å². The summed E-state index contributed by atoms with van der Waals surface area (Å²) in [4.78, 5) is 13.7. The van der Waals surface area contributed by atoms with Crippen LogP contribution < -0.4 is 5.32 Å². The zero-order chi connectivity index (χ0) is 12.0.